The molecule has 1 N–H and O–H groups in total. The summed E-state index contributed by atoms with van der Waals surface area (Å²) in [5.74, 6) is 0.802. The van der Waals surface area contributed by atoms with Crippen molar-refractivity contribution in [2.45, 2.75) is 20.8 Å². The van der Waals surface area contributed by atoms with Crippen molar-refractivity contribution in [1.29, 1.82) is 0 Å². The second-order valence-corrected chi connectivity index (χ2v) is 4.38. The van der Waals surface area contributed by atoms with Crippen LogP contribution in [0.3, 0.4) is 0 Å². The molecule has 0 spiro atoms. The SMILES string of the molecule is CCN(CC)c1cncc(C(=O)Nc2cc(C)on2)c1. The van der Waals surface area contributed by atoms with Crippen LogP contribution < -0.4 is 10.2 Å². The summed E-state index contributed by atoms with van der Waals surface area (Å²) >= 11 is 0. The van der Waals surface area contributed by atoms with E-state index in [1.54, 1.807) is 19.2 Å². The number of nitrogens with zero attached hydrogens (tertiary/aromatic N) is 3. The molecular formula is C14H18N4O2. The zero-order chi connectivity index (χ0) is 14.5. The highest BCUT2D eigenvalue weighted by Gasteiger charge is 2.11. The van der Waals surface area contributed by atoms with E-state index in [-0.39, 0.29) is 5.91 Å². The maximum atomic E-state index is 12.1. The standard InChI is InChI=1S/C14H18N4O2/c1-4-18(5-2)12-7-11(8-15-9-12)14(19)16-13-6-10(3)20-17-13/h6-9H,4-5H2,1-3H3,(H,16,17,19). The van der Waals surface area contributed by atoms with Crippen molar-refractivity contribution in [3.63, 3.8) is 0 Å². The molecule has 106 valence electrons. The molecule has 0 saturated heterocycles. The lowest BCUT2D eigenvalue weighted by atomic mass is 10.2. The molecule has 1 amide bonds. The van der Waals surface area contributed by atoms with Crippen molar-refractivity contribution in [3.8, 4) is 0 Å². The van der Waals surface area contributed by atoms with E-state index in [2.05, 4.69) is 34.2 Å². The Labute approximate surface area is 117 Å². The van der Waals surface area contributed by atoms with Gasteiger partial charge in [0.25, 0.3) is 5.91 Å². The van der Waals surface area contributed by atoms with Crippen LogP contribution in [0.2, 0.25) is 0 Å². The van der Waals surface area contributed by atoms with Crippen molar-refractivity contribution in [3.05, 3.63) is 35.9 Å². The number of aryl methyl sites for hydroxylation is 1. The molecule has 2 heterocycles. The first kappa shape index (κ1) is 14.0. The molecule has 0 unspecified atom stereocenters. The molecule has 6 nitrogen and oxygen atoms in total. The Morgan fingerprint density at radius 2 is 2.05 bits per heavy atom. The van der Waals surface area contributed by atoms with Gasteiger partial charge in [-0.3, -0.25) is 9.78 Å². The van der Waals surface area contributed by atoms with E-state index in [1.807, 2.05) is 6.07 Å². The van der Waals surface area contributed by atoms with Gasteiger partial charge in [-0.25, -0.2) is 0 Å². The monoisotopic (exact) mass is 274 g/mol. The maximum Gasteiger partial charge on any atom is 0.258 e. The Morgan fingerprint density at radius 3 is 2.65 bits per heavy atom. The predicted molar refractivity (Wildman–Crippen MR) is 77.0 cm³/mol. The van der Waals surface area contributed by atoms with Gasteiger partial charge >= 0.3 is 0 Å². The summed E-state index contributed by atoms with van der Waals surface area (Å²) in [4.78, 5) is 18.4. The summed E-state index contributed by atoms with van der Waals surface area (Å²) < 4.78 is 4.91. The third kappa shape index (κ3) is 3.14. The number of nitrogens with one attached hydrogen (secondary N) is 1. The lowest BCUT2D eigenvalue weighted by molar-refractivity contribution is 0.102. The van der Waals surface area contributed by atoms with Crippen molar-refractivity contribution >= 4 is 17.4 Å². The van der Waals surface area contributed by atoms with E-state index in [9.17, 15) is 4.79 Å². The number of amides is 1. The van der Waals surface area contributed by atoms with Gasteiger partial charge in [0, 0.05) is 25.4 Å². The van der Waals surface area contributed by atoms with E-state index in [0.717, 1.165) is 18.8 Å². The molecular weight excluding hydrogens is 256 g/mol. The number of carbonyl (C=O) groups is 1. The fraction of sp³-hybridized carbons (Fsp3) is 0.357. The van der Waals surface area contributed by atoms with Gasteiger partial charge < -0.3 is 14.7 Å². The van der Waals surface area contributed by atoms with E-state index >= 15 is 0 Å². The number of rotatable bonds is 5. The number of carbonyl (C=O) groups excluding carboxylic acids is 1. The van der Waals surface area contributed by atoms with E-state index < -0.39 is 0 Å². The Kier molecular flexibility index (Phi) is 4.34. The fourth-order valence-electron chi connectivity index (χ4n) is 1.93. The molecule has 2 aromatic heterocycles. The largest absolute Gasteiger partial charge is 0.371 e. The molecule has 0 aromatic carbocycles. The van der Waals surface area contributed by atoms with Crippen LogP contribution >= 0.6 is 0 Å². The molecule has 0 aliphatic heterocycles. The maximum absolute atomic E-state index is 12.1. The van der Waals surface area contributed by atoms with Gasteiger partial charge in [-0.15, -0.1) is 0 Å². The quantitative estimate of drug-likeness (QED) is 0.907. The highest BCUT2D eigenvalue weighted by atomic mass is 16.5. The van der Waals surface area contributed by atoms with Crippen molar-refractivity contribution in [1.82, 2.24) is 10.1 Å². The van der Waals surface area contributed by atoms with E-state index in [1.165, 1.54) is 6.20 Å². The topological polar surface area (TPSA) is 71.3 Å². The van der Waals surface area contributed by atoms with Crippen LogP contribution in [0.5, 0.6) is 0 Å². The number of pyridine rings is 1. The minimum absolute atomic E-state index is 0.250. The Balaban J connectivity index is 2.15. The predicted octanol–water partition coefficient (Wildman–Crippen LogP) is 2.48. The Hall–Kier alpha value is -2.37. The van der Waals surface area contributed by atoms with Crippen molar-refractivity contribution in [2.24, 2.45) is 0 Å². The first-order chi connectivity index (χ1) is 9.63. The second-order valence-electron chi connectivity index (χ2n) is 4.38. The zero-order valence-corrected chi connectivity index (χ0v) is 11.9. The molecule has 0 aliphatic rings. The molecule has 2 rings (SSSR count). The summed E-state index contributed by atoms with van der Waals surface area (Å²) in [7, 11) is 0. The van der Waals surface area contributed by atoms with Crippen LogP contribution in [0.25, 0.3) is 0 Å². The van der Waals surface area contributed by atoms with Gasteiger partial charge in [0.15, 0.2) is 5.82 Å². The van der Waals surface area contributed by atoms with Gasteiger partial charge in [-0.2, -0.15) is 0 Å². The van der Waals surface area contributed by atoms with Gasteiger partial charge in [-0.1, -0.05) is 5.16 Å². The first-order valence-electron chi connectivity index (χ1n) is 6.58. The number of aromatic nitrogens is 2. The molecule has 0 bridgehead atoms. The smallest absolute Gasteiger partial charge is 0.258 e. The highest BCUT2D eigenvalue weighted by molar-refractivity contribution is 6.04. The van der Waals surface area contributed by atoms with Crippen molar-refractivity contribution in [2.75, 3.05) is 23.3 Å². The third-order valence-corrected chi connectivity index (χ3v) is 2.98. The molecule has 0 atom stereocenters. The zero-order valence-electron chi connectivity index (χ0n) is 11.9. The molecule has 0 saturated carbocycles. The van der Waals surface area contributed by atoms with Gasteiger partial charge in [0.05, 0.1) is 17.4 Å². The minimum Gasteiger partial charge on any atom is -0.371 e. The third-order valence-electron chi connectivity index (χ3n) is 2.98. The molecule has 0 radical (unpaired) electrons. The van der Waals surface area contributed by atoms with Crippen LogP contribution in [0, 0.1) is 6.92 Å². The van der Waals surface area contributed by atoms with Crippen molar-refractivity contribution < 1.29 is 9.32 Å². The second kappa shape index (κ2) is 6.18. The Bertz CT molecular complexity index is 590. The average Bonchev–Trinajstić information content (AvgIpc) is 2.86. The summed E-state index contributed by atoms with van der Waals surface area (Å²) in [6, 6.07) is 3.49. The minimum atomic E-state index is -0.250. The first-order valence-corrected chi connectivity index (χ1v) is 6.58. The molecule has 2 aromatic rings. The van der Waals surface area contributed by atoms with Gasteiger partial charge in [0.1, 0.15) is 5.76 Å². The summed E-state index contributed by atoms with van der Waals surface area (Å²) in [5, 5.41) is 6.41. The lowest BCUT2D eigenvalue weighted by Crippen LogP contribution is -2.22. The molecule has 20 heavy (non-hydrogen) atoms. The fourth-order valence-corrected chi connectivity index (χ4v) is 1.93. The lowest BCUT2D eigenvalue weighted by Gasteiger charge is -2.20. The number of anilines is 2. The van der Waals surface area contributed by atoms with Gasteiger partial charge in [0.2, 0.25) is 0 Å². The molecule has 0 aliphatic carbocycles. The van der Waals surface area contributed by atoms with Crippen LogP contribution in [-0.2, 0) is 0 Å². The molecule has 6 heteroatoms. The summed E-state index contributed by atoms with van der Waals surface area (Å²) in [5.41, 5.74) is 1.43. The van der Waals surface area contributed by atoms with Crippen LogP contribution in [0.15, 0.2) is 29.0 Å². The summed E-state index contributed by atoms with van der Waals surface area (Å²) in [6.07, 6.45) is 3.29. The Morgan fingerprint density at radius 1 is 1.30 bits per heavy atom. The van der Waals surface area contributed by atoms with Crippen LogP contribution in [-0.4, -0.2) is 29.1 Å². The number of hydrogen-bond acceptors (Lipinski definition) is 5. The molecule has 0 fully saturated rings. The van der Waals surface area contributed by atoms with Crippen LogP contribution in [0.1, 0.15) is 30.0 Å². The van der Waals surface area contributed by atoms with E-state index in [4.69, 9.17) is 4.52 Å². The van der Waals surface area contributed by atoms with E-state index in [0.29, 0.717) is 17.1 Å². The highest BCUT2D eigenvalue weighted by Crippen LogP contribution is 2.15. The normalized spacial score (nSPS) is 10.3. The van der Waals surface area contributed by atoms with Gasteiger partial charge in [-0.05, 0) is 26.8 Å². The average molecular weight is 274 g/mol. The number of hydrogen-bond donors (Lipinski definition) is 1. The van der Waals surface area contributed by atoms with Crippen LogP contribution in [0.4, 0.5) is 11.5 Å². The summed E-state index contributed by atoms with van der Waals surface area (Å²) in [6.45, 7) is 7.63.